The third kappa shape index (κ3) is 6.25. The lowest BCUT2D eigenvalue weighted by atomic mass is 10.1. The fourth-order valence-corrected chi connectivity index (χ4v) is 3.12. The Balaban J connectivity index is 0.00000300. The number of hydrogen-bond donors (Lipinski definition) is 2. The van der Waals surface area contributed by atoms with E-state index in [-0.39, 0.29) is 29.9 Å². The quantitative estimate of drug-likeness (QED) is 0.339. The van der Waals surface area contributed by atoms with Crippen molar-refractivity contribution in [3.8, 4) is 11.5 Å². The minimum Gasteiger partial charge on any atom is -0.493 e. The number of nitrogens with one attached hydrogen (secondary N) is 1. The van der Waals surface area contributed by atoms with Crippen molar-refractivity contribution in [2.45, 2.75) is 25.9 Å². The number of nitrogens with two attached hydrogens (primary N) is 1. The van der Waals surface area contributed by atoms with Gasteiger partial charge in [0.1, 0.15) is 0 Å². The first-order valence-electron chi connectivity index (χ1n) is 9.23. The van der Waals surface area contributed by atoms with E-state index in [4.69, 9.17) is 15.2 Å². The number of aliphatic imine (C=N–C) groups is 1. The van der Waals surface area contributed by atoms with Gasteiger partial charge in [-0.05, 0) is 29.7 Å². The van der Waals surface area contributed by atoms with E-state index >= 15 is 0 Å². The third-order valence-corrected chi connectivity index (χ3v) is 4.66. The molecule has 8 heteroatoms. The van der Waals surface area contributed by atoms with Crippen molar-refractivity contribution < 1.29 is 14.3 Å². The van der Waals surface area contributed by atoms with Crippen LogP contribution in [0.25, 0.3) is 0 Å². The molecule has 0 spiro atoms. The number of halogens is 1. The van der Waals surface area contributed by atoms with Crippen LogP contribution in [-0.2, 0) is 17.9 Å². The van der Waals surface area contributed by atoms with Crippen molar-refractivity contribution in [1.29, 1.82) is 0 Å². The molecule has 29 heavy (non-hydrogen) atoms. The number of benzene rings is 2. The highest BCUT2D eigenvalue weighted by molar-refractivity contribution is 14.0. The summed E-state index contributed by atoms with van der Waals surface area (Å²) in [5.41, 5.74) is 8.93. The van der Waals surface area contributed by atoms with Gasteiger partial charge in [0, 0.05) is 31.3 Å². The van der Waals surface area contributed by atoms with Gasteiger partial charge in [-0.25, -0.2) is 4.99 Å². The van der Waals surface area contributed by atoms with Crippen molar-refractivity contribution >= 4 is 41.5 Å². The first-order chi connectivity index (χ1) is 13.6. The van der Waals surface area contributed by atoms with E-state index in [1.54, 1.807) is 26.4 Å². The van der Waals surface area contributed by atoms with E-state index in [2.05, 4.69) is 10.3 Å². The van der Waals surface area contributed by atoms with Gasteiger partial charge in [-0.3, -0.25) is 4.79 Å². The van der Waals surface area contributed by atoms with Crippen LogP contribution in [0, 0.1) is 0 Å². The van der Waals surface area contributed by atoms with Crippen LogP contribution in [-0.4, -0.2) is 37.5 Å². The predicted octanol–water partition coefficient (Wildman–Crippen LogP) is 3.37. The van der Waals surface area contributed by atoms with E-state index in [1.807, 2.05) is 35.2 Å². The maximum Gasteiger partial charge on any atom is 0.222 e. The molecule has 0 atom stereocenters. The average molecular weight is 510 g/mol. The highest BCUT2D eigenvalue weighted by Crippen LogP contribution is 2.29. The predicted molar refractivity (Wildman–Crippen MR) is 125 cm³/mol. The molecule has 1 saturated heterocycles. The molecule has 3 rings (SSSR count). The summed E-state index contributed by atoms with van der Waals surface area (Å²) in [4.78, 5) is 18.0. The summed E-state index contributed by atoms with van der Waals surface area (Å²) in [6, 6.07) is 13.6. The monoisotopic (exact) mass is 510 g/mol. The van der Waals surface area contributed by atoms with Gasteiger partial charge < -0.3 is 25.4 Å². The molecule has 156 valence electrons. The lowest BCUT2D eigenvalue weighted by Gasteiger charge is -2.15. The van der Waals surface area contributed by atoms with E-state index in [9.17, 15) is 4.79 Å². The van der Waals surface area contributed by atoms with E-state index in [0.29, 0.717) is 37.0 Å². The van der Waals surface area contributed by atoms with E-state index in [1.165, 1.54) is 0 Å². The van der Waals surface area contributed by atoms with E-state index in [0.717, 1.165) is 29.8 Å². The summed E-state index contributed by atoms with van der Waals surface area (Å²) in [7, 11) is 3.18. The number of guanidine groups is 1. The second-order valence-electron chi connectivity index (χ2n) is 6.63. The molecule has 0 radical (unpaired) electrons. The highest BCUT2D eigenvalue weighted by atomic mass is 127. The van der Waals surface area contributed by atoms with Gasteiger partial charge >= 0.3 is 0 Å². The Morgan fingerprint density at radius 1 is 1.10 bits per heavy atom. The molecule has 2 aromatic carbocycles. The molecule has 1 heterocycles. The van der Waals surface area contributed by atoms with Crippen molar-refractivity contribution in [2.75, 3.05) is 26.1 Å². The van der Waals surface area contributed by atoms with Crippen molar-refractivity contribution in [3.63, 3.8) is 0 Å². The Hall–Kier alpha value is -2.49. The van der Waals surface area contributed by atoms with E-state index < -0.39 is 0 Å². The molecule has 1 aliphatic rings. The van der Waals surface area contributed by atoms with Crippen LogP contribution in [0.1, 0.15) is 24.0 Å². The molecule has 2 aromatic rings. The topological polar surface area (TPSA) is 89.2 Å². The fraction of sp³-hybridized carbons (Fsp3) is 0.333. The lowest BCUT2D eigenvalue weighted by Crippen LogP contribution is -2.23. The van der Waals surface area contributed by atoms with Crippen LogP contribution in [0.2, 0.25) is 0 Å². The molecule has 0 unspecified atom stereocenters. The Kier molecular flexibility index (Phi) is 8.56. The minimum absolute atomic E-state index is 0. The lowest BCUT2D eigenvalue weighted by molar-refractivity contribution is -0.128. The van der Waals surface area contributed by atoms with Gasteiger partial charge in [-0.2, -0.15) is 0 Å². The first-order valence-corrected chi connectivity index (χ1v) is 9.23. The summed E-state index contributed by atoms with van der Waals surface area (Å²) < 4.78 is 10.5. The summed E-state index contributed by atoms with van der Waals surface area (Å²) >= 11 is 0. The molecule has 0 saturated carbocycles. The number of likely N-dealkylation sites (tertiary alicyclic amines) is 1. The maximum absolute atomic E-state index is 11.7. The molecular formula is C21H27IN4O3. The first kappa shape index (κ1) is 22.8. The number of carbonyl (C=O) groups is 1. The van der Waals surface area contributed by atoms with Crippen LogP contribution < -0.4 is 20.5 Å². The molecule has 0 bridgehead atoms. The Morgan fingerprint density at radius 2 is 1.79 bits per heavy atom. The standard InChI is InChI=1S/C21H26N4O3.HI/c1-27-18-10-9-17(12-19(18)28-2)24-21(22)23-13-15-5-7-16(8-6-15)14-25-11-3-4-20(25)26;/h5-10,12H,3-4,11,13-14H2,1-2H3,(H3,22,23,24);1H. The number of methoxy groups -OCH3 is 2. The Morgan fingerprint density at radius 3 is 2.41 bits per heavy atom. The van der Waals surface area contributed by atoms with Crippen LogP contribution in [0.4, 0.5) is 5.69 Å². The van der Waals surface area contributed by atoms with Crippen LogP contribution >= 0.6 is 24.0 Å². The van der Waals surface area contributed by atoms with Gasteiger partial charge in [-0.15, -0.1) is 24.0 Å². The van der Waals surface area contributed by atoms with Gasteiger partial charge in [-0.1, -0.05) is 24.3 Å². The number of hydrogen-bond acceptors (Lipinski definition) is 4. The summed E-state index contributed by atoms with van der Waals surface area (Å²) in [6.07, 6.45) is 1.62. The Labute approximate surface area is 188 Å². The van der Waals surface area contributed by atoms with Crippen molar-refractivity contribution in [1.82, 2.24) is 4.90 Å². The van der Waals surface area contributed by atoms with Crippen LogP contribution in [0.15, 0.2) is 47.5 Å². The molecular weight excluding hydrogens is 483 g/mol. The highest BCUT2D eigenvalue weighted by Gasteiger charge is 2.19. The largest absolute Gasteiger partial charge is 0.493 e. The normalized spacial score (nSPS) is 13.8. The van der Waals surface area contributed by atoms with Gasteiger partial charge in [0.15, 0.2) is 17.5 Å². The number of anilines is 1. The number of rotatable bonds is 7. The molecule has 7 nitrogen and oxygen atoms in total. The van der Waals surface area contributed by atoms with Gasteiger partial charge in [0.05, 0.1) is 20.8 Å². The van der Waals surface area contributed by atoms with Crippen LogP contribution in [0.5, 0.6) is 11.5 Å². The second kappa shape index (κ2) is 10.9. The minimum atomic E-state index is 0. The maximum atomic E-state index is 11.7. The third-order valence-electron chi connectivity index (χ3n) is 4.66. The number of ether oxygens (including phenoxy) is 2. The number of nitrogens with zero attached hydrogens (tertiary/aromatic N) is 2. The van der Waals surface area contributed by atoms with Crippen LogP contribution in [0.3, 0.4) is 0 Å². The Bertz CT molecular complexity index is 856. The van der Waals surface area contributed by atoms with Gasteiger partial charge in [0.2, 0.25) is 5.91 Å². The zero-order valence-electron chi connectivity index (χ0n) is 16.7. The second-order valence-corrected chi connectivity index (χ2v) is 6.63. The number of amides is 1. The smallest absolute Gasteiger partial charge is 0.222 e. The molecule has 1 aliphatic heterocycles. The fourth-order valence-electron chi connectivity index (χ4n) is 3.12. The molecule has 1 amide bonds. The number of carbonyl (C=O) groups excluding carboxylic acids is 1. The SMILES string of the molecule is COc1ccc(NC(N)=NCc2ccc(CN3CCCC3=O)cc2)cc1OC.I. The molecule has 1 fully saturated rings. The summed E-state index contributed by atoms with van der Waals surface area (Å²) in [6.45, 7) is 1.99. The summed E-state index contributed by atoms with van der Waals surface area (Å²) in [5.74, 6) is 1.83. The van der Waals surface area contributed by atoms with Crippen molar-refractivity contribution in [2.24, 2.45) is 10.7 Å². The zero-order chi connectivity index (χ0) is 19.9. The zero-order valence-corrected chi connectivity index (χ0v) is 19.0. The average Bonchev–Trinajstić information content (AvgIpc) is 3.11. The van der Waals surface area contributed by atoms with Gasteiger partial charge in [0.25, 0.3) is 0 Å². The molecule has 0 aliphatic carbocycles. The molecule has 0 aromatic heterocycles. The summed E-state index contributed by atoms with van der Waals surface area (Å²) in [5, 5.41) is 3.05. The molecule has 3 N–H and O–H groups in total. The van der Waals surface area contributed by atoms with Crippen molar-refractivity contribution in [3.05, 3.63) is 53.6 Å².